The van der Waals surface area contributed by atoms with Crippen molar-refractivity contribution in [2.45, 2.75) is 4.90 Å². The molecule has 164 valence electrons. The third kappa shape index (κ3) is 4.92. The Kier molecular flexibility index (Phi) is 6.42. The molecule has 0 aromatic heterocycles. The van der Waals surface area contributed by atoms with Gasteiger partial charge in [0.1, 0.15) is 6.54 Å². The van der Waals surface area contributed by atoms with E-state index >= 15 is 0 Å². The first kappa shape index (κ1) is 21.8. The van der Waals surface area contributed by atoms with Gasteiger partial charge in [0.25, 0.3) is 15.9 Å². The number of hydrazone groups is 1. The molecule has 8 nitrogen and oxygen atoms in total. The minimum absolute atomic E-state index is 0.0802. The topological polar surface area (TPSA) is 97.3 Å². The quantitative estimate of drug-likeness (QED) is 0.383. The van der Waals surface area contributed by atoms with Crippen LogP contribution in [0, 0.1) is 0 Å². The van der Waals surface area contributed by atoms with Gasteiger partial charge >= 0.3 is 0 Å². The molecule has 0 radical (unpaired) electrons. The van der Waals surface area contributed by atoms with Crippen molar-refractivity contribution in [3.05, 3.63) is 82.8 Å². The molecule has 0 saturated heterocycles. The summed E-state index contributed by atoms with van der Waals surface area (Å²) in [7, 11) is -3.98. The van der Waals surface area contributed by atoms with Gasteiger partial charge in [0.15, 0.2) is 11.5 Å². The summed E-state index contributed by atoms with van der Waals surface area (Å²) in [6, 6.07) is 19.9. The molecule has 0 bridgehead atoms. The smallest absolute Gasteiger partial charge is 0.264 e. The van der Waals surface area contributed by atoms with Crippen molar-refractivity contribution in [2.75, 3.05) is 17.6 Å². The highest BCUT2D eigenvalue weighted by Crippen LogP contribution is 2.32. The van der Waals surface area contributed by atoms with E-state index in [0.717, 1.165) is 4.31 Å². The third-order valence-corrected chi connectivity index (χ3v) is 6.80. The molecule has 0 fully saturated rings. The number of rotatable bonds is 7. The summed E-state index contributed by atoms with van der Waals surface area (Å²) in [6.07, 6.45) is 1.44. The van der Waals surface area contributed by atoms with Crippen LogP contribution < -0.4 is 19.2 Å². The Labute approximate surface area is 193 Å². The maximum absolute atomic E-state index is 13.2. The first-order chi connectivity index (χ1) is 15.4. The first-order valence-corrected chi connectivity index (χ1v) is 11.7. The molecule has 0 unspecified atom stereocenters. The molecule has 3 aromatic carbocycles. The summed E-state index contributed by atoms with van der Waals surface area (Å²) in [4.78, 5) is 12.7. The van der Waals surface area contributed by atoms with Gasteiger partial charge in [-0.2, -0.15) is 5.10 Å². The minimum atomic E-state index is -3.98. The van der Waals surface area contributed by atoms with E-state index in [1.807, 2.05) is 0 Å². The molecule has 1 aliphatic rings. The lowest BCUT2D eigenvalue weighted by molar-refractivity contribution is -0.119. The number of anilines is 1. The van der Waals surface area contributed by atoms with Gasteiger partial charge in [-0.1, -0.05) is 40.2 Å². The Morgan fingerprint density at radius 2 is 1.81 bits per heavy atom. The van der Waals surface area contributed by atoms with Crippen LogP contribution in [0.3, 0.4) is 0 Å². The van der Waals surface area contributed by atoms with Gasteiger partial charge in [-0.25, -0.2) is 13.8 Å². The van der Waals surface area contributed by atoms with Gasteiger partial charge in [0, 0.05) is 4.47 Å². The predicted octanol–water partition coefficient (Wildman–Crippen LogP) is 3.52. The molecule has 3 aromatic rings. The second-order valence-electron chi connectivity index (χ2n) is 6.71. The fraction of sp³-hybridized carbons (Fsp3) is 0.0909. The van der Waals surface area contributed by atoms with Crippen molar-refractivity contribution in [3.8, 4) is 11.5 Å². The SMILES string of the molecule is O=C(CN(c1cccc(Br)c1)S(=O)(=O)c1ccccc1)NN=Cc1ccc2c(c1)OCO2. The number of hydrogen-bond donors (Lipinski definition) is 1. The molecule has 0 aliphatic carbocycles. The number of nitrogens with one attached hydrogen (secondary N) is 1. The zero-order chi connectivity index (χ0) is 22.6. The summed E-state index contributed by atoms with van der Waals surface area (Å²) >= 11 is 3.34. The molecule has 1 N–H and O–H groups in total. The lowest BCUT2D eigenvalue weighted by Gasteiger charge is -2.23. The highest BCUT2D eigenvalue weighted by molar-refractivity contribution is 9.10. The van der Waals surface area contributed by atoms with Crippen molar-refractivity contribution in [3.63, 3.8) is 0 Å². The van der Waals surface area contributed by atoms with E-state index in [1.165, 1.54) is 18.3 Å². The van der Waals surface area contributed by atoms with Crippen LogP contribution in [0.25, 0.3) is 0 Å². The molecule has 0 saturated carbocycles. The average Bonchev–Trinajstić information content (AvgIpc) is 3.26. The second kappa shape index (κ2) is 9.41. The Hall–Kier alpha value is -3.37. The number of carbonyl (C=O) groups is 1. The van der Waals surface area contributed by atoms with Crippen LogP contribution in [-0.2, 0) is 14.8 Å². The third-order valence-electron chi connectivity index (χ3n) is 4.51. The van der Waals surface area contributed by atoms with Crippen LogP contribution in [0.2, 0.25) is 0 Å². The number of ether oxygens (including phenoxy) is 2. The number of carbonyl (C=O) groups excluding carboxylic acids is 1. The minimum Gasteiger partial charge on any atom is -0.454 e. The Morgan fingerprint density at radius 1 is 1.03 bits per heavy atom. The van der Waals surface area contributed by atoms with Crippen LogP contribution in [0.15, 0.2) is 87.3 Å². The molecule has 1 aliphatic heterocycles. The van der Waals surface area contributed by atoms with E-state index < -0.39 is 22.5 Å². The fourth-order valence-corrected chi connectivity index (χ4v) is 4.83. The van der Waals surface area contributed by atoms with Gasteiger partial charge in [-0.15, -0.1) is 0 Å². The molecule has 32 heavy (non-hydrogen) atoms. The van der Waals surface area contributed by atoms with Gasteiger partial charge < -0.3 is 9.47 Å². The standard InChI is InChI=1S/C22H18BrN3O5S/c23-17-5-4-6-18(12-17)26(32(28,29)19-7-2-1-3-8-19)14-22(27)25-24-13-16-9-10-20-21(11-16)31-15-30-20/h1-13H,14-15H2,(H,25,27). The van der Waals surface area contributed by atoms with Crippen molar-refractivity contribution < 1.29 is 22.7 Å². The van der Waals surface area contributed by atoms with E-state index in [1.54, 1.807) is 60.7 Å². The maximum atomic E-state index is 13.2. The molecule has 0 atom stereocenters. The number of nitrogens with zero attached hydrogens (tertiary/aromatic N) is 2. The van der Waals surface area contributed by atoms with E-state index in [2.05, 4.69) is 26.5 Å². The fourth-order valence-electron chi connectivity index (χ4n) is 3.00. The normalized spacial score (nSPS) is 12.7. The molecule has 0 spiro atoms. The van der Waals surface area contributed by atoms with Gasteiger partial charge in [-0.05, 0) is 54.1 Å². The Morgan fingerprint density at radius 3 is 2.59 bits per heavy atom. The van der Waals surface area contributed by atoms with Crippen LogP contribution in [0.4, 0.5) is 5.69 Å². The van der Waals surface area contributed by atoms with E-state index in [-0.39, 0.29) is 11.7 Å². The molecule has 1 amide bonds. The number of fused-ring (bicyclic) bond motifs is 1. The van der Waals surface area contributed by atoms with Crippen LogP contribution in [0.5, 0.6) is 11.5 Å². The molecule has 4 rings (SSSR count). The summed E-state index contributed by atoms with van der Waals surface area (Å²) in [5, 5.41) is 3.93. The molecule has 10 heteroatoms. The number of amides is 1. The Balaban J connectivity index is 1.52. The van der Waals surface area contributed by atoms with E-state index in [9.17, 15) is 13.2 Å². The maximum Gasteiger partial charge on any atom is 0.264 e. The second-order valence-corrected chi connectivity index (χ2v) is 9.49. The molecular weight excluding hydrogens is 498 g/mol. The van der Waals surface area contributed by atoms with Crippen LogP contribution in [0.1, 0.15) is 5.56 Å². The number of sulfonamides is 1. The van der Waals surface area contributed by atoms with Crippen molar-refractivity contribution in [1.29, 1.82) is 0 Å². The summed E-state index contributed by atoms with van der Waals surface area (Å²) < 4.78 is 38.8. The van der Waals surface area contributed by atoms with Crippen molar-refractivity contribution in [2.24, 2.45) is 5.10 Å². The largest absolute Gasteiger partial charge is 0.454 e. The van der Waals surface area contributed by atoms with Gasteiger partial charge in [-0.3, -0.25) is 9.10 Å². The predicted molar refractivity (Wildman–Crippen MR) is 123 cm³/mol. The number of benzene rings is 3. The summed E-state index contributed by atoms with van der Waals surface area (Å²) in [5.74, 6) is 0.638. The van der Waals surface area contributed by atoms with Crippen LogP contribution in [-0.4, -0.2) is 33.9 Å². The van der Waals surface area contributed by atoms with Crippen LogP contribution >= 0.6 is 15.9 Å². The summed E-state index contributed by atoms with van der Waals surface area (Å²) in [5.41, 5.74) is 3.41. The highest BCUT2D eigenvalue weighted by Gasteiger charge is 2.27. The average molecular weight is 516 g/mol. The highest BCUT2D eigenvalue weighted by atomic mass is 79.9. The zero-order valence-corrected chi connectivity index (χ0v) is 19.0. The lowest BCUT2D eigenvalue weighted by Crippen LogP contribution is -2.39. The number of halogens is 1. The van der Waals surface area contributed by atoms with E-state index in [0.29, 0.717) is 27.2 Å². The van der Waals surface area contributed by atoms with Crippen molar-refractivity contribution in [1.82, 2.24) is 5.43 Å². The molecular formula is C22H18BrN3O5S. The van der Waals surface area contributed by atoms with Gasteiger partial charge in [0.2, 0.25) is 6.79 Å². The lowest BCUT2D eigenvalue weighted by atomic mass is 10.2. The number of hydrogen-bond acceptors (Lipinski definition) is 6. The summed E-state index contributed by atoms with van der Waals surface area (Å²) in [6.45, 7) is -0.292. The molecule has 1 heterocycles. The van der Waals surface area contributed by atoms with Crippen molar-refractivity contribution >= 4 is 43.8 Å². The van der Waals surface area contributed by atoms with Gasteiger partial charge in [0.05, 0.1) is 16.8 Å². The van der Waals surface area contributed by atoms with E-state index in [4.69, 9.17) is 9.47 Å². The first-order valence-electron chi connectivity index (χ1n) is 9.48. The zero-order valence-electron chi connectivity index (χ0n) is 16.6. The Bertz CT molecular complexity index is 1270. The monoisotopic (exact) mass is 515 g/mol.